The number of nitrogens with zero attached hydrogens (tertiary/aromatic N) is 2. The van der Waals surface area contributed by atoms with E-state index in [0.29, 0.717) is 19.4 Å². The molecule has 0 unspecified atom stereocenters. The molecule has 1 saturated carbocycles. The van der Waals surface area contributed by atoms with E-state index < -0.39 is 5.41 Å². The summed E-state index contributed by atoms with van der Waals surface area (Å²) in [5.41, 5.74) is 5.55. The highest BCUT2D eigenvalue weighted by molar-refractivity contribution is 7.09. The topological polar surface area (TPSA) is 101 Å². The van der Waals surface area contributed by atoms with Crippen LogP contribution in [0.15, 0.2) is 10.5 Å². The molecule has 0 atom stereocenters. The van der Waals surface area contributed by atoms with Crippen molar-refractivity contribution in [2.75, 3.05) is 0 Å². The van der Waals surface area contributed by atoms with E-state index in [0.717, 1.165) is 10.7 Å². The third kappa shape index (κ3) is 2.23. The summed E-state index contributed by atoms with van der Waals surface area (Å²) in [4.78, 5) is 16.1. The van der Waals surface area contributed by atoms with Gasteiger partial charge in [0.2, 0.25) is 5.91 Å². The SMILES string of the molecule is Cc1nc(CNC(=O)C2(C(N)=NO)CC2)cs1. The van der Waals surface area contributed by atoms with Gasteiger partial charge in [-0.2, -0.15) is 0 Å². The Bertz CT molecular complexity index is 465. The quantitative estimate of drug-likeness (QED) is 0.317. The summed E-state index contributed by atoms with van der Waals surface area (Å²) in [6.45, 7) is 2.29. The molecule has 1 amide bonds. The van der Waals surface area contributed by atoms with Crippen LogP contribution in [0.25, 0.3) is 0 Å². The van der Waals surface area contributed by atoms with Gasteiger partial charge in [-0.15, -0.1) is 11.3 Å². The van der Waals surface area contributed by atoms with Crippen molar-refractivity contribution in [1.82, 2.24) is 10.3 Å². The third-order valence-electron chi connectivity index (χ3n) is 2.88. The summed E-state index contributed by atoms with van der Waals surface area (Å²) >= 11 is 1.54. The van der Waals surface area contributed by atoms with Gasteiger partial charge in [-0.25, -0.2) is 4.98 Å². The number of amides is 1. The van der Waals surface area contributed by atoms with Gasteiger partial charge in [-0.3, -0.25) is 4.79 Å². The average Bonchev–Trinajstić information content (AvgIpc) is 3.04. The molecule has 2 rings (SSSR count). The zero-order valence-electron chi connectivity index (χ0n) is 9.43. The number of nitrogens with two attached hydrogens (primary N) is 1. The van der Waals surface area contributed by atoms with E-state index in [-0.39, 0.29) is 11.7 Å². The molecule has 1 aromatic heterocycles. The summed E-state index contributed by atoms with van der Waals surface area (Å²) < 4.78 is 0. The van der Waals surface area contributed by atoms with Crippen molar-refractivity contribution in [3.63, 3.8) is 0 Å². The zero-order valence-corrected chi connectivity index (χ0v) is 10.3. The Morgan fingerprint density at radius 1 is 1.76 bits per heavy atom. The third-order valence-corrected chi connectivity index (χ3v) is 3.70. The van der Waals surface area contributed by atoms with Crippen molar-refractivity contribution in [3.8, 4) is 0 Å². The number of rotatable bonds is 4. The highest BCUT2D eigenvalue weighted by Crippen LogP contribution is 2.46. The van der Waals surface area contributed by atoms with Gasteiger partial charge in [0.25, 0.3) is 0 Å². The van der Waals surface area contributed by atoms with Crippen molar-refractivity contribution >= 4 is 23.1 Å². The fourth-order valence-electron chi connectivity index (χ4n) is 1.65. The van der Waals surface area contributed by atoms with Gasteiger partial charge in [-0.1, -0.05) is 5.16 Å². The highest BCUT2D eigenvalue weighted by atomic mass is 32.1. The molecule has 1 fully saturated rings. The van der Waals surface area contributed by atoms with Crippen LogP contribution in [0.3, 0.4) is 0 Å². The molecule has 0 saturated heterocycles. The van der Waals surface area contributed by atoms with Gasteiger partial charge in [0.15, 0.2) is 5.84 Å². The summed E-state index contributed by atoms with van der Waals surface area (Å²) in [6, 6.07) is 0. The molecule has 1 aliphatic rings. The normalized spacial score (nSPS) is 17.8. The molecular formula is C10H14N4O2S. The molecule has 0 spiro atoms. The molecule has 0 radical (unpaired) electrons. The molecule has 0 aromatic carbocycles. The number of hydrogen-bond acceptors (Lipinski definition) is 5. The standard InChI is InChI=1S/C10H14N4O2S/c1-6-13-7(5-17-6)4-12-9(15)10(2-3-10)8(11)14-16/h5,16H,2-4H2,1H3,(H2,11,14)(H,12,15). The molecule has 1 aromatic rings. The number of carbonyl (C=O) groups is 1. The number of aryl methyl sites for hydroxylation is 1. The second-order valence-electron chi connectivity index (χ2n) is 4.11. The number of hydrogen-bond donors (Lipinski definition) is 3. The predicted molar refractivity (Wildman–Crippen MR) is 63.8 cm³/mol. The molecule has 1 aliphatic carbocycles. The Kier molecular flexibility index (Phi) is 3.01. The summed E-state index contributed by atoms with van der Waals surface area (Å²) in [6.07, 6.45) is 1.26. The first kappa shape index (κ1) is 11.8. The fraction of sp³-hybridized carbons (Fsp3) is 0.500. The molecule has 4 N–H and O–H groups in total. The molecule has 17 heavy (non-hydrogen) atoms. The van der Waals surface area contributed by atoms with Crippen molar-refractivity contribution < 1.29 is 10.0 Å². The summed E-state index contributed by atoms with van der Waals surface area (Å²) in [5.74, 6) is -0.206. The minimum absolute atomic E-state index is 0.00976. The fourth-order valence-corrected chi connectivity index (χ4v) is 2.26. The molecule has 92 valence electrons. The maximum Gasteiger partial charge on any atom is 0.234 e. The first-order chi connectivity index (χ1) is 8.08. The van der Waals surface area contributed by atoms with Crippen LogP contribution in [0, 0.1) is 12.3 Å². The molecule has 6 nitrogen and oxygen atoms in total. The summed E-state index contributed by atoms with van der Waals surface area (Å²) in [7, 11) is 0. The van der Waals surface area contributed by atoms with Crippen molar-refractivity contribution in [1.29, 1.82) is 0 Å². The van der Waals surface area contributed by atoms with Crippen LogP contribution < -0.4 is 11.1 Å². The Balaban J connectivity index is 1.94. The molecule has 1 heterocycles. The molecule has 0 aliphatic heterocycles. The van der Waals surface area contributed by atoms with E-state index in [1.165, 1.54) is 11.3 Å². The number of amidine groups is 1. The minimum atomic E-state index is -0.792. The predicted octanol–water partition coefficient (Wildman–Crippen LogP) is 0.594. The van der Waals surface area contributed by atoms with Crippen molar-refractivity contribution in [2.24, 2.45) is 16.3 Å². The first-order valence-electron chi connectivity index (χ1n) is 5.26. The van der Waals surface area contributed by atoms with Gasteiger partial charge in [0.05, 0.1) is 17.2 Å². The van der Waals surface area contributed by atoms with Gasteiger partial charge in [-0.05, 0) is 19.8 Å². The van der Waals surface area contributed by atoms with E-state index in [1.807, 2.05) is 12.3 Å². The lowest BCUT2D eigenvalue weighted by atomic mass is 10.1. The number of carbonyl (C=O) groups excluding carboxylic acids is 1. The smallest absolute Gasteiger partial charge is 0.234 e. The maximum atomic E-state index is 11.9. The Hall–Kier alpha value is -1.63. The minimum Gasteiger partial charge on any atom is -0.409 e. The lowest BCUT2D eigenvalue weighted by Crippen LogP contribution is -2.40. The van der Waals surface area contributed by atoms with Crippen LogP contribution in [0.4, 0.5) is 0 Å². The van der Waals surface area contributed by atoms with Crippen LogP contribution in [0.1, 0.15) is 23.5 Å². The average molecular weight is 254 g/mol. The Morgan fingerprint density at radius 2 is 2.47 bits per heavy atom. The first-order valence-corrected chi connectivity index (χ1v) is 6.14. The number of thiazole rings is 1. The second-order valence-corrected chi connectivity index (χ2v) is 5.17. The number of nitrogens with one attached hydrogen (secondary N) is 1. The van der Waals surface area contributed by atoms with Gasteiger partial charge in [0, 0.05) is 5.38 Å². The van der Waals surface area contributed by atoms with E-state index in [2.05, 4.69) is 15.5 Å². The van der Waals surface area contributed by atoms with Gasteiger partial charge in [0.1, 0.15) is 5.41 Å². The van der Waals surface area contributed by atoms with Crippen LogP contribution in [0.2, 0.25) is 0 Å². The zero-order chi connectivity index (χ0) is 12.5. The van der Waals surface area contributed by atoms with E-state index in [1.54, 1.807) is 0 Å². The van der Waals surface area contributed by atoms with Crippen LogP contribution >= 0.6 is 11.3 Å². The van der Waals surface area contributed by atoms with Crippen molar-refractivity contribution in [2.45, 2.75) is 26.3 Å². The molecule has 7 heteroatoms. The van der Waals surface area contributed by atoms with Crippen LogP contribution in [-0.4, -0.2) is 21.9 Å². The van der Waals surface area contributed by atoms with Crippen LogP contribution in [0.5, 0.6) is 0 Å². The number of oxime groups is 1. The molecule has 0 bridgehead atoms. The monoisotopic (exact) mass is 254 g/mol. The largest absolute Gasteiger partial charge is 0.409 e. The van der Waals surface area contributed by atoms with Gasteiger partial charge < -0.3 is 16.3 Å². The maximum absolute atomic E-state index is 11.9. The molecular weight excluding hydrogens is 240 g/mol. The van der Waals surface area contributed by atoms with E-state index >= 15 is 0 Å². The Labute approximate surface area is 103 Å². The lowest BCUT2D eigenvalue weighted by Gasteiger charge is -2.12. The van der Waals surface area contributed by atoms with Gasteiger partial charge >= 0.3 is 0 Å². The number of aromatic nitrogens is 1. The Morgan fingerprint density at radius 3 is 2.94 bits per heavy atom. The second kappa shape index (κ2) is 4.33. The van der Waals surface area contributed by atoms with E-state index in [9.17, 15) is 4.79 Å². The highest BCUT2D eigenvalue weighted by Gasteiger charge is 2.54. The summed E-state index contributed by atoms with van der Waals surface area (Å²) in [5, 5.41) is 17.2. The van der Waals surface area contributed by atoms with E-state index in [4.69, 9.17) is 10.9 Å². The lowest BCUT2D eigenvalue weighted by molar-refractivity contribution is -0.124. The van der Waals surface area contributed by atoms with Crippen molar-refractivity contribution in [3.05, 3.63) is 16.1 Å². The van der Waals surface area contributed by atoms with Crippen LogP contribution in [-0.2, 0) is 11.3 Å².